The van der Waals surface area contributed by atoms with E-state index in [4.69, 9.17) is 9.47 Å². The summed E-state index contributed by atoms with van der Waals surface area (Å²) in [5, 5.41) is 0. The first kappa shape index (κ1) is 9.37. The second-order valence-corrected chi connectivity index (χ2v) is 4.30. The normalized spacial score (nSPS) is 29.3. The summed E-state index contributed by atoms with van der Waals surface area (Å²) in [6.07, 6.45) is 4.76. The molecule has 1 aliphatic heterocycles. The largest absolute Gasteiger partial charge is 0.353 e. The van der Waals surface area contributed by atoms with Crippen LogP contribution in [0.4, 0.5) is 0 Å². The average Bonchev–Trinajstić information content (AvgIpc) is 2.89. The summed E-state index contributed by atoms with van der Waals surface area (Å²) in [6.45, 7) is 0.860. The van der Waals surface area contributed by atoms with E-state index in [1.165, 1.54) is 11.1 Å². The van der Waals surface area contributed by atoms with Crippen molar-refractivity contribution in [3.8, 4) is 0 Å². The highest BCUT2D eigenvalue weighted by Crippen LogP contribution is 2.35. The van der Waals surface area contributed by atoms with Crippen molar-refractivity contribution in [2.75, 3.05) is 6.61 Å². The molecule has 0 radical (unpaired) electrons. The van der Waals surface area contributed by atoms with Crippen molar-refractivity contribution < 1.29 is 9.47 Å². The Morgan fingerprint density at radius 3 is 3.00 bits per heavy atom. The SMILES string of the molecule is c1ccc2c(c1)CC[C@@H]2OC1CCCO1. The van der Waals surface area contributed by atoms with Gasteiger partial charge in [0.2, 0.25) is 0 Å². The van der Waals surface area contributed by atoms with E-state index in [1.807, 2.05) is 0 Å². The smallest absolute Gasteiger partial charge is 0.158 e. The summed E-state index contributed by atoms with van der Waals surface area (Å²) in [4.78, 5) is 0. The molecule has 0 spiro atoms. The van der Waals surface area contributed by atoms with Crippen molar-refractivity contribution in [2.24, 2.45) is 0 Å². The summed E-state index contributed by atoms with van der Waals surface area (Å²) in [5.41, 5.74) is 2.81. The maximum Gasteiger partial charge on any atom is 0.158 e. The standard InChI is InChI=1S/C13H16O2/c1-2-5-11-10(4-1)7-8-12(11)15-13-6-3-9-14-13/h1-2,4-5,12-13H,3,6-9H2/t12-,13?/m0/s1. The molecule has 2 aliphatic rings. The Morgan fingerprint density at radius 2 is 2.13 bits per heavy atom. The first-order valence-electron chi connectivity index (χ1n) is 5.78. The van der Waals surface area contributed by atoms with Crippen molar-refractivity contribution in [1.82, 2.24) is 0 Å². The molecule has 80 valence electrons. The van der Waals surface area contributed by atoms with Gasteiger partial charge in [-0.2, -0.15) is 0 Å². The second-order valence-electron chi connectivity index (χ2n) is 4.30. The number of benzene rings is 1. The first-order valence-corrected chi connectivity index (χ1v) is 5.78. The lowest BCUT2D eigenvalue weighted by Gasteiger charge is -2.18. The maximum absolute atomic E-state index is 5.98. The highest BCUT2D eigenvalue weighted by atomic mass is 16.7. The summed E-state index contributed by atoms with van der Waals surface area (Å²) in [7, 11) is 0. The van der Waals surface area contributed by atoms with Crippen LogP contribution in [0.1, 0.15) is 36.5 Å². The van der Waals surface area contributed by atoms with Gasteiger partial charge in [0, 0.05) is 13.0 Å². The van der Waals surface area contributed by atoms with Gasteiger partial charge in [-0.05, 0) is 30.4 Å². The van der Waals surface area contributed by atoms with E-state index in [9.17, 15) is 0 Å². The molecule has 2 nitrogen and oxygen atoms in total. The maximum atomic E-state index is 5.98. The molecule has 0 aromatic heterocycles. The fourth-order valence-electron chi connectivity index (χ4n) is 2.50. The number of aryl methyl sites for hydroxylation is 1. The molecule has 1 fully saturated rings. The molecule has 1 saturated heterocycles. The van der Waals surface area contributed by atoms with E-state index >= 15 is 0 Å². The van der Waals surface area contributed by atoms with Crippen LogP contribution in [0.15, 0.2) is 24.3 Å². The molecule has 0 amide bonds. The Balaban J connectivity index is 1.73. The number of ether oxygens (including phenoxy) is 2. The average molecular weight is 204 g/mol. The van der Waals surface area contributed by atoms with Gasteiger partial charge in [-0.25, -0.2) is 0 Å². The monoisotopic (exact) mass is 204 g/mol. The molecule has 1 aromatic rings. The van der Waals surface area contributed by atoms with Gasteiger partial charge < -0.3 is 9.47 Å². The Bertz CT molecular complexity index is 342. The molecular formula is C13H16O2. The minimum atomic E-state index is 0.0427. The number of rotatable bonds is 2. The molecule has 1 unspecified atom stereocenters. The molecule has 0 N–H and O–H groups in total. The van der Waals surface area contributed by atoms with Gasteiger partial charge in [0.05, 0.1) is 6.10 Å². The Hall–Kier alpha value is -0.860. The van der Waals surface area contributed by atoms with Gasteiger partial charge in [-0.15, -0.1) is 0 Å². The third-order valence-corrected chi connectivity index (χ3v) is 3.28. The third kappa shape index (κ3) is 1.80. The minimum Gasteiger partial charge on any atom is -0.353 e. The summed E-state index contributed by atoms with van der Waals surface area (Å²) >= 11 is 0. The van der Waals surface area contributed by atoms with Gasteiger partial charge in [-0.1, -0.05) is 24.3 Å². The topological polar surface area (TPSA) is 18.5 Å². The van der Waals surface area contributed by atoms with Crippen LogP contribution >= 0.6 is 0 Å². The van der Waals surface area contributed by atoms with Gasteiger partial charge in [-0.3, -0.25) is 0 Å². The molecule has 0 saturated carbocycles. The number of fused-ring (bicyclic) bond motifs is 1. The summed E-state index contributed by atoms with van der Waals surface area (Å²) in [6, 6.07) is 8.58. The molecule has 0 bridgehead atoms. The lowest BCUT2D eigenvalue weighted by atomic mass is 10.1. The van der Waals surface area contributed by atoms with Crippen LogP contribution in [0, 0.1) is 0 Å². The van der Waals surface area contributed by atoms with E-state index in [-0.39, 0.29) is 12.4 Å². The Kier molecular flexibility index (Phi) is 2.47. The minimum absolute atomic E-state index is 0.0427. The summed E-state index contributed by atoms with van der Waals surface area (Å²) in [5.74, 6) is 0. The van der Waals surface area contributed by atoms with E-state index in [2.05, 4.69) is 24.3 Å². The molecule has 1 heterocycles. The van der Waals surface area contributed by atoms with E-state index in [0.29, 0.717) is 0 Å². The fourth-order valence-corrected chi connectivity index (χ4v) is 2.50. The molecule has 2 heteroatoms. The second kappa shape index (κ2) is 3.95. The van der Waals surface area contributed by atoms with Crippen LogP contribution in [0.5, 0.6) is 0 Å². The van der Waals surface area contributed by atoms with Crippen LogP contribution in [-0.4, -0.2) is 12.9 Å². The quantitative estimate of drug-likeness (QED) is 0.737. The number of hydrogen-bond donors (Lipinski definition) is 0. The van der Waals surface area contributed by atoms with E-state index in [1.54, 1.807) is 0 Å². The molecular weight excluding hydrogens is 188 g/mol. The van der Waals surface area contributed by atoms with Crippen molar-refractivity contribution in [1.29, 1.82) is 0 Å². The van der Waals surface area contributed by atoms with Crippen LogP contribution in [-0.2, 0) is 15.9 Å². The first-order chi connectivity index (χ1) is 7.43. The van der Waals surface area contributed by atoms with Gasteiger partial charge in [0.25, 0.3) is 0 Å². The highest BCUT2D eigenvalue weighted by Gasteiger charge is 2.27. The zero-order chi connectivity index (χ0) is 10.1. The lowest BCUT2D eigenvalue weighted by molar-refractivity contribution is -0.145. The zero-order valence-electron chi connectivity index (χ0n) is 8.82. The third-order valence-electron chi connectivity index (χ3n) is 3.28. The predicted molar refractivity (Wildman–Crippen MR) is 57.6 cm³/mol. The Morgan fingerprint density at radius 1 is 1.20 bits per heavy atom. The van der Waals surface area contributed by atoms with Crippen LogP contribution in [0.25, 0.3) is 0 Å². The van der Waals surface area contributed by atoms with Gasteiger partial charge >= 0.3 is 0 Å². The fraction of sp³-hybridized carbons (Fsp3) is 0.538. The van der Waals surface area contributed by atoms with Crippen molar-refractivity contribution in [2.45, 2.75) is 38.1 Å². The zero-order valence-corrected chi connectivity index (χ0v) is 8.82. The van der Waals surface area contributed by atoms with Crippen molar-refractivity contribution in [3.63, 3.8) is 0 Å². The number of hydrogen-bond acceptors (Lipinski definition) is 2. The Labute approximate surface area is 90.2 Å². The molecule has 2 atom stereocenters. The van der Waals surface area contributed by atoms with Gasteiger partial charge in [0.15, 0.2) is 6.29 Å². The van der Waals surface area contributed by atoms with Crippen LogP contribution in [0.3, 0.4) is 0 Å². The lowest BCUT2D eigenvalue weighted by Crippen LogP contribution is -2.13. The van der Waals surface area contributed by atoms with E-state index in [0.717, 1.165) is 32.3 Å². The predicted octanol–water partition coefficient (Wildman–Crippen LogP) is 2.83. The van der Waals surface area contributed by atoms with Gasteiger partial charge in [0.1, 0.15) is 0 Å². The molecule has 3 rings (SSSR count). The van der Waals surface area contributed by atoms with Crippen LogP contribution in [0.2, 0.25) is 0 Å². The highest BCUT2D eigenvalue weighted by molar-refractivity contribution is 5.33. The molecule has 1 aromatic carbocycles. The summed E-state index contributed by atoms with van der Waals surface area (Å²) < 4.78 is 11.5. The van der Waals surface area contributed by atoms with Crippen molar-refractivity contribution in [3.05, 3.63) is 35.4 Å². The van der Waals surface area contributed by atoms with Crippen LogP contribution < -0.4 is 0 Å². The molecule has 1 aliphatic carbocycles. The molecule has 15 heavy (non-hydrogen) atoms. The van der Waals surface area contributed by atoms with Crippen molar-refractivity contribution >= 4 is 0 Å². The van der Waals surface area contributed by atoms with E-state index < -0.39 is 0 Å².